The highest BCUT2D eigenvalue weighted by Gasteiger charge is 2.35. The maximum Gasteiger partial charge on any atom is 0.166 e. The maximum atomic E-state index is 13.6. The predicted molar refractivity (Wildman–Crippen MR) is 164 cm³/mol. The summed E-state index contributed by atoms with van der Waals surface area (Å²) in [6.45, 7) is 7.90. The second kappa shape index (κ2) is 11.7. The van der Waals surface area contributed by atoms with E-state index in [1.54, 1.807) is 7.11 Å². The molecule has 0 saturated carbocycles. The van der Waals surface area contributed by atoms with Gasteiger partial charge in [-0.05, 0) is 80.1 Å². The van der Waals surface area contributed by atoms with Crippen LogP contribution >= 0.6 is 0 Å². The van der Waals surface area contributed by atoms with E-state index < -0.39 is 0 Å². The molecular formula is C36H40N2O3. The van der Waals surface area contributed by atoms with E-state index >= 15 is 0 Å². The largest absolute Gasteiger partial charge is 0.493 e. The second-order valence-corrected chi connectivity index (χ2v) is 12.4. The third kappa shape index (κ3) is 6.01. The third-order valence-electron chi connectivity index (χ3n) is 8.95. The fourth-order valence-corrected chi connectivity index (χ4v) is 6.44. The van der Waals surface area contributed by atoms with Crippen LogP contribution in [-0.4, -0.2) is 42.5 Å². The molecule has 1 aromatic heterocycles. The average molecular weight is 549 g/mol. The zero-order valence-electron chi connectivity index (χ0n) is 24.4. The highest BCUT2D eigenvalue weighted by Crippen LogP contribution is 2.40. The Morgan fingerprint density at radius 3 is 2.46 bits per heavy atom. The van der Waals surface area contributed by atoms with Gasteiger partial charge in [-0.15, -0.1) is 0 Å². The number of pyridine rings is 1. The van der Waals surface area contributed by atoms with Crippen LogP contribution in [0.5, 0.6) is 11.5 Å². The number of carbonyl (C=O) groups is 1. The van der Waals surface area contributed by atoms with Gasteiger partial charge in [0.2, 0.25) is 0 Å². The van der Waals surface area contributed by atoms with Crippen LogP contribution in [0.3, 0.4) is 0 Å². The van der Waals surface area contributed by atoms with Crippen LogP contribution in [0.25, 0.3) is 10.9 Å². The molecule has 0 amide bonds. The van der Waals surface area contributed by atoms with Crippen molar-refractivity contribution in [1.29, 1.82) is 0 Å². The van der Waals surface area contributed by atoms with Gasteiger partial charge in [0.05, 0.1) is 24.9 Å². The molecule has 1 aliphatic carbocycles. The first-order valence-electron chi connectivity index (χ1n) is 14.9. The molecule has 6 rings (SSSR count). The Bertz CT molecular complexity index is 1520. The average Bonchev–Trinajstić information content (AvgIpc) is 3.30. The maximum absolute atomic E-state index is 13.6. The smallest absolute Gasteiger partial charge is 0.166 e. The molecule has 41 heavy (non-hydrogen) atoms. The van der Waals surface area contributed by atoms with E-state index in [1.807, 2.05) is 30.3 Å². The Labute approximate surface area is 243 Å². The van der Waals surface area contributed by atoms with Crippen LogP contribution in [-0.2, 0) is 18.4 Å². The number of fused-ring (bicyclic) bond motifs is 2. The Balaban J connectivity index is 1.09. The van der Waals surface area contributed by atoms with Crippen molar-refractivity contribution < 1.29 is 14.3 Å². The minimum absolute atomic E-state index is 0.0499. The van der Waals surface area contributed by atoms with E-state index in [0.717, 1.165) is 73.0 Å². The second-order valence-electron chi connectivity index (χ2n) is 12.4. The van der Waals surface area contributed by atoms with Crippen molar-refractivity contribution in [1.82, 2.24) is 9.88 Å². The first kappa shape index (κ1) is 27.5. The Hall–Kier alpha value is -3.70. The van der Waals surface area contributed by atoms with Crippen LogP contribution < -0.4 is 9.47 Å². The first-order valence-corrected chi connectivity index (χ1v) is 14.9. The minimum Gasteiger partial charge on any atom is -0.493 e. The third-order valence-corrected chi connectivity index (χ3v) is 8.95. The lowest BCUT2D eigenvalue weighted by atomic mass is 9.85. The molecule has 1 fully saturated rings. The fourth-order valence-electron chi connectivity index (χ4n) is 6.44. The van der Waals surface area contributed by atoms with E-state index in [2.05, 4.69) is 67.3 Å². The van der Waals surface area contributed by atoms with Crippen molar-refractivity contribution in [3.05, 3.63) is 101 Å². The molecule has 1 atom stereocenters. The molecule has 3 aromatic carbocycles. The fraction of sp³-hybridized carbons (Fsp3) is 0.389. The number of carbonyl (C=O) groups excluding carboxylic acids is 1. The minimum atomic E-state index is -0.323. The lowest BCUT2D eigenvalue weighted by Crippen LogP contribution is -2.34. The normalized spacial score (nSPS) is 18.0. The molecule has 1 aliphatic heterocycles. The van der Waals surface area contributed by atoms with Gasteiger partial charge >= 0.3 is 0 Å². The molecular weight excluding hydrogens is 508 g/mol. The number of hydrogen-bond donors (Lipinski definition) is 0. The number of benzene rings is 3. The highest BCUT2D eigenvalue weighted by molar-refractivity contribution is 6.03. The van der Waals surface area contributed by atoms with Crippen molar-refractivity contribution in [3.63, 3.8) is 0 Å². The van der Waals surface area contributed by atoms with Crippen LogP contribution in [0.4, 0.5) is 0 Å². The topological polar surface area (TPSA) is 51.7 Å². The van der Waals surface area contributed by atoms with Crippen LogP contribution in [0.1, 0.15) is 60.3 Å². The number of aromatic nitrogens is 1. The predicted octanol–water partition coefficient (Wildman–Crippen LogP) is 7.26. The number of para-hydroxylation sites is 1. The van der Waals surface area contributed by atoms with Crippen molar-refractivity contribution in [2.45, 2.75) is 51.5 Å². The first-order chi connectivity index (χ1) is 19.9. The molecule has 0 bridgehead atoms. The summed E-state index contributed by atoms with van der Waals surface area (Å²) in [4.78, 5) is 21.0. The number of ketones is 1. The number of rotatable bonds is 9. The lowest BCUT2D eigenvalue weighted by Gasteiger charge is -2.32. The quantitative estimate of drug-likeness (QED) is 0.220. The van der Waals surface area contributed by atoms with Gasteiger partial charge in [-0.2, -0.15) is 0 Å². The van der Waals surface area contributed by atoms with Gasteiger partial charge in [-0.1, -0.05) is 68.4 Å². The van der Waals surface area contributed by atoms with Gasteiger partial charge in [0.15, 0.2) is 17.3 Å². The SMILES string of the molecule is COc1cc2c(cc1OCC(C)(C)c1ccc3ccccc3n1)C(=O)C(CC1CCN(Cc3ccccc3)CC1)C2. The zero-order chi connectivity index (χ0) is 28.4. The molecule has 2 aliphatic rings. The van der Waals surface area contributed by atoms with Crippen LogP contribution in [0.15, 0.2) is 78.9 Å². The summed E-state index contributed by atoms with van der Waals surface area (Å²) in [7, 11) is 1.67. The molecule has 5 nitrogen and oxygen atoms in total. The summed E-state index contributed by atoms with van der Waals surface area (Å²) in [6, 6.07) is 27.0. The number of nitrogens with zero attached hydrogens (tertiary/aromatic N) is 2. The molecule has 0 spiro atoms. The van der Waals surface area contributed by atoms with Gasteiger partial charge < -0.3 is 9.47 Å². The molecule has 212 valence electrons. The summed E-state index contributed by atoms with van der Waals surface area (Å²) in [6.07, 6.45) is 4.07. The van der Waals surface area contributed by atoms with Crippen molar-refractivity contribution >= 4 is 16.7 Å². The summed E-state index contributed by atoms with van der Waals surface area (Å²) in [5, 5.41) is 1.12. The highest BCUT2D eigenvalue weighted by atomic mass is 16.5. The summed E-state index contributed by atoms with van der Waals surface area (Å²) < 4.78 is 12.1. The van der Waals surface area contributed by atoms with Crippen molar-refractivity contribution in [3.8, 4) is 11.5 Å². The van der Waals surface area contributed by atoms with E-state index in [-0.39, 0.29) is 17.1 Å². The van der Waals surface area contributed by atoms with Gasteiger partial charge in [0, 0.05) is 28.8 Å². The van der Waals surface area contributed by atoms with Gasteiger partial charge in [0.1, 0.15) is 0 Å². The summed E-state index contributed by atoms with van der Waals surface area (Å²) in [5.74, 6) is 2.22. The number of hydrogen-bond acceptors (Lipinski definition) is 5. The van der Waals surface area contributed by atoms with Crippen molar-refractivity contribution in [2.24, 2.45) is 11.8 Å². The van der Waals surface area contributed by atoms with Crippen molar-refractivity contribution in [2.75, 3.05) is 26.8 Å². The van der Waals surface area contributed by atoms with Gasteiger partial charge in [-0.25, -0.2) is 0 Å². The summed E-state index contributed by atoms with van der Waals surface area (Å²) in [5.41, 5.74) is 4.89. The Morgan fingerprint density at radius 2 is 1.68 bits per heavy atom. The van der Waals surface area contributed by atoms with Crippen LogP contribution in [0, 0.1) is 11.8 Å². The molecule has 2 heterocycles. The summed E-state index contributed by atoms with van der Waals surface area (Å²) >= 11 is 0. The monoisotopic (exact) mass is 548 g/mol. The molecule has 5 heteroatoms. The van der Waals surface area contributed by atoms with E-state index in [4.69, 9.17) is 14.5 Å². The Morgan fingerprint density at radius 1 is 0.927 bits per heavy atom. The lowest BCUT2D eigenvalue weighted by molar-refractivity contribution is 0.0895. The molecule has 1 saturated heterocycles. The molecule has 4 aromatic rings. The van der Waals surface area contributed by atoms with E-state index in [9.17, 15) is 4.79 Å². The number of ether oxygens (including phenoxy) is 2. The van der Waals surface area contributed by atoms with E-state index in [0.29, 0.717) is 24.0 Å². The van der Waals surface area contributed by atoms with Crippen LogP contribution in [0.2, 0.25) is 0 Å². The molecule has 0 radical (unpaired) electrons. The zero-order valence-corrected chi connectivity index (χ0v) is 24.4. The molecule has 1 unspecified atom stereocenters. The molecule has 0 N–H and O–H groups in total. The van der Waals surface area contributed by atoms with E-state index in [1.165, 1.54) is 5.56 Å². The standard InChI is InChI=1S/C36H40N2O3/c1-36(2,34-14-13-27-11-7-8-12-31(27)37-34)24-41-33-22-30-28(21-32(33)40-3)20-29(35(30)39)19-25-15-17-38(18-16-25)23-26-9-5-4-6-10-26/h4-14,21-22,25,29H,15-20,23-24H2,1-3H3. The number of piperidine rings is 1. The van der Waals surface area contributed by atoms with Gasteiger partial charge in [-0.3, -0.25) is 14.7 Å². The Kier molecular flexibility index (Phi) is 7.81. The van der Waals surface area contributed by atoms with Gasteiger partial charge in [0.25, 0.3) is 0 Å². The number of likely N-dealkylation sites (tertiary alicyclic amines) is 1. The number of Topliss-reactive ketones (excluding diaryl/α,β-unsaturated/α-hetero) is 1. The number of methoxy groups -OCH3 is 1.